The molecule has 0 aliphatic heterocycles. The van der Waals surface area contributed by atoms with Crippen molar-refractivity contribution in [1.82, 2.24) is 4.57 Å². The fourth-order valence-electron chi connectivity index (χ4n) is 1.08. The average molecular weight is 231 g/mol. The van der Waals surface area contributed by atoms with E-state index in [1.54, 1.807) is 0 Å². The Morgan fingerprint density at radius 3 is 2.87 bits per heavy atom. The van der Waals surface area contributed by atoms with Gasteiger partial charge in [-0.25, -0.2) is 4.79 Å². The van der Waals surface area contributed by atoms with Crippen LogP contribution in [-0.2, 0) is 6.54 Å². The highest BCUT2D eigenvalue weighted by molar-refractivity contribution is 6.25. The van der Waals surface area contributed by atoms with Gasteiger partial charge in [0.1, 0.15) is 5.69 Å². The van der Waals surface area contributed by atoms with E-state index in [1.165, 1.54) is 16.2 Å². The van der Waals surface area contributed by atoms with Gasteiger partial charge in [0.05, 0.1) is 11.1 Å². The molecule has 0 unspecified atom stereocenters. The number of carboxylic acids is 1. The molecule has 0 spiro atoms. The van der Waals surface area contributed by atoms with Gasteiger partial charge in [-0.1, -0.05) is 17.7 Å². The number of hydrogen-bond donors (Lipinski definition) is 1. The molecule has 0 radical (unpaired) electrons. The summed E-state index contributed by atoms with van der Waals surface area (Å²) >= 11 is 5.28. The van der Waals surface area contributed by atoms with Crippen molar-refractivity contribution in [3.63, 3.8) is 0 Å². The predicted molar refractivity (Wildman–Crippen MR) is 53.0 cm³/mol. The normalized spacial score (nSPS) is 10.7. The van der Waals surface area contributed by atoms with E-state index in [2.05, 4.69) is 0 Å². The molecule has 0 aliphatic rings. The first-order chi connectivity index (χ1) is 7.06. The van der Waals surface area contributed by atoms with Crippen LogP contribution in [0.3, 0.4) is 0 Å². The SMILES string of the molecule is O=C(O)c1cc([N+](=O)[O-])cn1C/C=C/Cl. The number of halogens is 1. The summed E-state index contributed by atoms with van der Waals surface area (Å²) in [7, 11) is 0. The number of aromatic nitrogens is 1. The molecule has 80 valence electrons. The van der Waals surface area contributed by atoms with Crippen LogP contribution in [0.5, 0.6) is 0 Å². The molecule has 0 fully saturated rings. The van der Waals surface area contributed by atoms with Gasteiger partial charge < -0.3 is 9.67 Å². The number of aromatic carboxylic acids is 1. The van der Waals surface area contributed by atoms with Gasteiger partial charge in [-0.15, -0.1) is 0 Å². The molecule has 7 heteroatoms. The highest BCUT2D eigenvalue weighted by Gasteiger charge is 2.17. The quantitative estimate of drug-likeness (QED) is 0.632. The van der Waals surface area contributed by atoms with Crippen LogP contribution in [0.2, 0.25) is 0 Å². The second-order valence-corrected chi connectivity index (χ2v) is 2.91. The zero-order valence-corrected chi connectivity index (χ0v) is 8.22. The zero-order valence-electron chi connectivity index (χ0n) is 7.46. The van der Waals surface area contributed by atoms with Crippen molar-refractivity contribution in [2.24, 2.45) is 0 Å². The van der Waals surface area contributed by atoms with Crippen molar-refractivity contribution < 1.29 is 14.8 Å². The Kier molecular flexibility index (Phi) is 3.46. The Morgan fingerprint density at radius 1 is 1.73 bits per heavy atom. The summed E-state index contributed by atoms with van der Waals surface area (Å²) in [6.07, 6.45) is 2.64. The standard InChI is InChI=1S/C8H7ClN2O4/c9-2-1-3-10-5-6(11(14)15)4-7(10)8(12)13/h1-2,4-5H,3H2,(H,12,13)/b2-1+. The molecule has 0 bridgehead atoms. The van der Waals surface area contributed by atoms with Crippen LogP contribution in [-0.4, -0.2) is 20.6 Å². The molecular formula is C8H7ClN2O4. The van der Waals surface area contributed by atoms with E-state index in [4.69, 9.17) is 16.7 Å². The second-order valence-electron chi connectivity index (χ2n) is 2.66. The fourth-order valence-corrected chi connectivity index (χ4v) is 1.16. The van der Waals surface area contributed by atoms with Crippen LogP contribution in [0.4, 0.5) is 5.69 Å². The van der Waals surface area contributed by atoms with Gasteiger partial charge in [0.15, 0.2) is 0 Å². The van der Waals surface area contributed by atoms with Gasteiger partial charge in [0.25, 0.3) is 5.69 Å². The smallest absolute Gasteiger partial charge is 0.352 e. The number of carbonyl (C=O) groups is 1. The number of hydrogen-bond acceptors (Lipinski definition) is 3. The monoisotopic (exact) mass is 230 g/mol. The van der Waals surface area contributed by atoms with Crippen molar-refractivity contribution in [1.29, 1.82) is 0 Å². The lowest BCUT2D eigenvalue weighted by Gasteiger charge is -1.99. The predicted octanol–water partition coefficient (Wildman–Crippen LogP) is 1.85. The summed E-state index contributed by atoms with van der Waals surface area (Å²) in [4.78, 5) is 20.5. The molecule has 0 amide bonds. The first-order valence-corrected chi connectivity index (χ1v) is 4.33. The lowest BCUT2D eigenvalue weighted by molar-refractivity contribution is -0.384. The molecule has 6 nitrogen and oxygen atoms in total. The van der Waals surface area contributed by atoms with Crippen molar-refractivity contribution in [2.45, 2.75) is 6.54 Å². The van der Waals surface area contributed by atoms with E-state index in [9.17, 15) is 14.9 Å². The third kappa shape index (κ3) is 2.57. The molecular weight excluding hydrogens is 224 g/mol. The molecule has 0 saturated heterocycles. The van der Waals surface area contributed by atoms with Crippen LogP contribution in [0.15, 0.2) is 23.9 Å². The van der Waals surface area contributed by atoms with E-state index in [0.717, 1.165) is 12.3 Å². The Balaban J connectivity index is 3.11. The number of allylic oxidation sites excluding steroid dienone is 1. The minimum atomic E-state index is -1.22. The number of rotatable bonds is 4. The molecule has 0 saturated carbocycles. The third-order valence-corrected chi connectivity index (χ3v) is 1.88. The minimum Gasteiger partial charge on any atom is -0.477 e. The van der Waals surface area contributed by atoms with E-state index < -0.39 is 10.9 Å². The minimum absolute atomic E-state index is 0.142. The molecule has 1 aromatic heterocycles. The summed E-state index contributed by atoms with van der Waals surface area (Å²) in [6, 6.07) is 1.00. The maximum Gasteiger partial charge on any atom is 0.352 e. The maximum atomic E-state index is 10.7. The van der Waals surface area contributed by atoms with Crippen LogP contribution in [0, 0.1) is 10.1 Å². The molecule has 0 atom stereocenters. The number of nitrogens with zero attached hydrogens (tertiary/aromatic N) is 2. The molecule has 1 heterocycles. The third-order valence-electron chi connectivity index (χ3n) is 1.70. The van der Waals surface area contributed by atoms with Crippen LogP contribution >= 0.6 is 11.6 Å². The summed E-state index contributed by atoms with van der Waals surface area (Å²) in [6.45, 7) is 0.180. The molecule has 1 aromatic rings. The van der Waals surface area contributed by atoms with Gasteiger partial charge in [0.2, 0.25) is 0 Å². The van der Waals surface area contributed by atoms with Gasteiger partial charge >= 0.3 is 5.97 Å². The summed E-state index contributed by atoms with van der Waals surface area (Å²) in [5, 5.41) is 19.2. The van der Waals surface area contributed by atoms with E-state index in [-0.39, 0.29) is 17.9 Å². The lowest BCUT2D eigenvalue weighted by Crippen LogP contribution is -2.06. The topological polar surface area (TPSA) is 85.4 Å². The average Bonchev–Trinajstić information content (AvgIpc) is 2.58. The highest BCUT2D eigenvalue weighted by atomic mass is 35.5. The van der Waals surface area contributed by atoms with Crippen molar-refractivity contribution in [3.05, 3.63) is 39.7 Å². The molecule has 1 N–H and O–H groups in total. The Morgan fingerprint density at radius 2 is 2.40 bits per heavy atom. The van der Waals surface area contributed by atoms with Gasteiger partial charge in [0, 0.05) is 18.1 Å². The van der Waals surface area contributed by atoms with E-state index in [1.807, 2.05) is 0 Å². The van der Waals surface area contributed by atoms with Crippen LogP contribution < -0.4 is 0 Å². The molecule has 0 aromatic carbocycles. The lowest BCUT2D eigenvalue weighted by atomic mass is 10.4. The van der Waals surface area contributed by atoms with Crippen molar-refractivity contribution in [2.75, 3.05) is 0 Å². The van der Waals surface area contributed by atoms with E-state index >= 15 is 0 Å². The summed E-state index contributed by atoms with van der Waals surface area (Å²) in [5.41, 5.74) is 0.823. The van der Waals surface area contributed by atoms with E-state index in [0.29, 0.717) is 0 Å². The zero-order chi connectivity index (χ0) is 11.4. The van der Waals surface area contributed by atoms with Gasteiger partial charge in [-0.3, -0.25) is 10.1 Å². The van der Waals surface area contributed by atoms with Crippen LogP contribution in [0.25, 0.3) is 0 Å². The second kappa shape index (κ2) is 4.61. The summed E-state index contributed by atoms with van der Waals surface area (Å²) in [5.74, 6) is -1.22. The van der Waals surface area contributed by atoms with Crippen LogP contribution in [0.1, 0.15) is 10.5 Å². The largest absolute Gasteiger partial charge is 0.477 e. The van der Waals surface area contributed by atoms with Gasteiger partial charge in [-0.05, 0) is 0 Å². The fraction of sp³-hybridized carbons (Fsp3) is 0.125. The number of nitro groups is 1. The van der Waals surface area contributed by atoms with Gasteiger partial charge in [-0.2, -0.15) is 0 Å². The number of carboxylic acid groups (broad SMARTS) is 1. The van der Waals surface area contributed by atoms with Crippen molar-refractivity contribution >= 4 is 23.3 Å². The summed E-state index contributed by atoms with van der Waals surface area (Å²) < 4.78 is 1.24. The Labute approximate surface area is 89.5 Å². The Hall–Kier alpha value is -1.82. The molecule has 1 rings (SSSR count). The van der Waals surface area contributed by atoms with Crippen molar-refractivity contribution in [3.8, 4) is 0 Å². The Bertz CT molecular complexity index is 424. The molecule has 15 heavy (non-hydrogen) atoms. The molecule has 0 aliphatic carbocycles. The highest BCUT2D eigenvalue weighted by Crippen LogP contribution is 2.16. The first kappa shape index (κ1) is 11.3. The first-order valence-electron chi connectivity index (χ1n) is 3.89. The maximum absolute atomic E-state index is 10.7.